The summed E-state index contributed by atoms with van der Waals surface area (Å²) in [5.41, 5.74) is 1.32. The first-order valence-electron chi connectivity index (χ1n) is 11.4. The van der Waals surface area contributed by atoms with Gasteiger partial charge in [0.25, 0.3) is 5.56 Å². The Balaban J connectivity index is 1.72. The van der Waals surface area contributed by atoms with Crippen molar-refractivity contribution in [2.75, 3.05) is 12.4 Å². The fraction of sp³-hybridized carbons (Fsp3) is 0.259. The fourth-order valence-corrected chi connectivity index (χ4v) is 4.47. The number of hydrogen-bond donors (Lipinski definition) is 2. The SMILES string of the molecule is COc1cn(C(CC2CCC2)C(=O)Nc2ccc(C(=O)O)cc2)c(=O)cc1-c1cc(Cl)ccc1C#N. The summed E-state index contributed by atoms with van der Waals surface area (Å²) in [5.74, 6) is -0.813. The molecule has 2 N–H and O–H groups in total. The van der Waals surface area contributed by atoms with Crippen LogP contribution < -0.4 is 15.6 Å². The number of carboxylic acid groups (broad SMARTS) is 1. The summed E-state index contributed by atoms with van der Waals surface area (Å²) < 4.78 is 6.92. The third kappa shape index (κ3) is 5.26. The summed E-state index contributed by atoms with van der Waals surface area (Å²) >= 11 is 6.15. The van der Waals surface area contributed by atoms with E-state index < -0.39 is 17.6 Å². The van der Waals surface area contributed by atoms with Crippen molar-refractivity contribution in [3.63, 3.8) is 0 Å². The fourth-order valence-electron chi connectivity index (χ4n) is 4.30. The second kappa shape index (κ2) is 10.7. The lowest BCUT2D eigenvalue weighted by Gasteiger charge is -2.30. The first-order chi connectivity index (χ1) is 17.3. The average Bonchev–Trinajstić information content (AvgIpc) is 2.84. The van der Waals surface area contributed by atoms with Crippen LogP contribution in [0, 0.1) is 17.2 Å². The smallest absolute Gasteiger partial charge is 0.335 e. The number of nitrogens with one attached hydrogen (secondary N) is 1. The second-order valence-corrected chi connectivity index (χ2v) is 9.16. The Bertz CT molecular complexity index is 1400. The van der Waals surface area contributed by atoms with Crippen molar-refractivity contribution in [2.24, 2.45) is 5.92 Å². The van der Waals surface area contributed by atoms with Crippen molar-refractivity contribution in [1.29, 1.82) is 5.26 Å². The number of carbonyl (C=O) groups excluding carboxylic acids is 1. The highest BCUT2D eigenvalue weighted by molar-refractivity contribution is 6.31. The maximum atomic E-state index is 13.4. The van der Waals surface area contributed by atoms with Crippen molar-refractivity contribution in [3.05, 3.63) is 81.2 Å². The van der Waals surface area contributed by atoms with Crippen molar-refractivity contribution in [2.45, 2.75) is 31.7 Å². The molecule has 0 bridgehead atoms. The van der Waals surface area contributed by atoms with Crippen LogP contribution in [0.2, 0.25) is 5.02 Å². The van der Waals surface area contributed by atoms with Gasteiger partial charge in [-0.15, -0.1) is 0 Å². The van der Waals surface area contributed by atoms with Gasteiger partial charge in [0, 0.05) is 27.9 Å². The molecule has 184 valence electrons. The number of amides is 1. The zero-order chi connectivity index (χ0) is 25.8. The molecule has 1 unspecified atom stereocenters. The molecule has 8 nitrogen and oxygen atoms in total. The number of carbonyl (C=O) groups is 2. The number of ether oxygens (including phenoxy) is 1. The lowest BCUT2D eigenvalue weighted by Crippen LogP contribution is -2.35. The molecule has 2 aromatic carbocycles. The third-order valence-electron chi connectivity index (χ3n) is 6.48. The predicted octanol–water partition coefficient (Wildman–Crippen LogP) is 5.12. The number of anilines is 1. The van der Waals surface area contributed by atoms with Gasteiger partial charge in [0.15, 0.2) is 0 Å². The summed E-state index contributed by atoms with van der Waals surface area (Å²) in [7, 11) is 1.45. The van der Waals surface area contributed by atoms with Crippen molar-refractivity contribution in [1.82, 2.24) is 4.57 Å². The number of nitriles is 1. The van der Waals surface area contributed by atoms with Gasteiger partial charge in [0.2, 0.25) is 5.91 Å². The molecule has 9 heteroatoms. The van der Waals surface area contributed by atoms with Crippen LogP contribution in [0.15, 0.2) is 59.5 Å². The van der Waals surface area contributed by atoms with E-state index in [0.717, 1.165) is 19.3 Å². The summed E-state index contributed by atoms with van der Waals surface area (Å²) in [6, 6.07) is 13.3. The van der Waals surface area contributed by atoms with E-state index in [9.17, 15) is 19.6 Å². The molecule has 1 atom stereocenters. The van der Waals surface area contributed by atoms with E-state index in [-0.39, 0.29) is 11.5 Å². The van der Waals surface area contributed by atoms with Gasteiger partial charge >= 0.3 is 5.97 Å². The van der Waals surface area contributed by atoms with Crippen LogP contribution >= 0.6 is 11.6 Å². The van der Waals surface area contributed by atoms with Crippen molar-refractivity contribution >= 4 is 29.2 Å². The van der Waals surface area contributed by atoms with Gasteiger partial charge in [-0.05, 0) is 54.8 Å². The number of nitrogens with zero attached hydrogens (tertiary/aromatic N) is 2. The van der Waals surface area contributed by atoms with Crippen LogP contribution in [0.4, 0.5) is 5.69 Å². The Labute approximate surface area is 212 Å². The molecule has 0 radical (unpaired) electrons. The zero-order valence-corrected chi connectivity index (χ0v) is 20.3. The number of carboxylic acids is 1. The molecule has 0 saturated heterocycles. The minimum Gasteiger partial charge on any atom is -0.495 e. The molecule has 1 aliphatic carbocycles. The number of halogens is 1. The number of aromatic carboxylic acids is 1. The first kappa shape index (κ1) is 25.0. The monoisotopic (exact) mass is 505 g/mol. The molecule has 1 fully saturated rings. The van der Waals surface area contributed by atoms with Gasteiger partial charge in [-0.2, -0.15) is 5.26 Å². The molecule has 1 heterocycles. The molecule has 1 aromatic heterocycles. The van der Waals surface area contributed by atoms with Gasteiger partial charge in [-0.3, -0.25) is 14.2 Å². The minimum absolute atomic E-state index is 0.105. The summed E-state index contributed by atoms with van der Waals surface area (Å²) in [6.07, 6.45) is 5.01. The predicted molar refractivity (Wildman–Crippen MR) is 135 cm³/mol. The van der Waals surface area contributed by atoms with Crippen LogP contribution in [0.1, 0.15) is 47.6 Å². The molecule has 1 aliphatic rings. The molecule has 0 aliphatic heterocycles. The maximum absolute atomic E-state index is 13.4. The highest BCUT2D eigenvalue weighted by atomic mass is 35.5. The van der Waals surface area contributed by atoms with Crippen LogP contribution in [-0.4, -0.2) is 28.7 Å². The summed E-state index contributed by atoms with van der Waals surface area (Å²) in [4.78, 5) is 37.8. The van der Waals surface area contributed by atoms with Crippen LogP contribution in [0.5, 0.6) is 5.75 Å². The maximum Gasteiger partial charge on any atom is 0.335 e. The molecular formula is C27H24ClN3O5. The minimum atomic E-state index is -1.06. The second-order valence-electron chi connectivity index (χ2n) is 8.72. The van der Waals surface area contributed by atoms with E-state index in [1.807, 2.05) is 0 Å². The summed E-state index contributed by atoms with van der Waals surface area (Å²) in [6.45, 7) is 0. The Hall–Kier alpha value is -4.09. The number of pyridine rings is 1. The number of aromatic nitrogens is 1. The lowest BCUT2D eigenvalue weighted by atomic mass is 9.80. The number of rotatable bonds is 8. The van der Waals surface area contributed by atoms with E-state index in [2.05, 4.69) is 11.4 Å². The number of benzene rings is 2. The molecule has 0 spiro atoms. The van der Waals surface area contributed by atoms with Gasteiger partial charge in [-0.25, -0.2) is 4.79 Å². The van der Waals surface area contributed by atoms with Crippen molar-refractivity contribution in [3.8, 4) is 22.9 Å². The van der Waals surface area contributed by atoms with Crippen LogP contribution in [-0.2, 0) is 4.79 Å². The highest BCUT2D eigenvalue weighted by Crippen LogP contribution is 2.36. The van der Waals surface area contributed by atoms with Gasteiger partial charge in [-0.1, -0.05) is 30.9 Å². The molecule has 4 rings (SSSR count). The normalized spacial score (nSPS) is 13.8. The van der Waals surface area contributed by atoms with Gasteiger partial charge in [0.05, 0.1) is 30.5 Å². The average molecular weight is 506 g/mol. The lowest BCUT2D eigenvalue weighted by molar-refractivity contribution is -0.120. The molecular weight excluding hydrogens is 482 g/mol. The van der Waals surface area contributed by atoms with E-state index in [4.69, 9.17) is 21.4 Å². The topological polar surface area (TPSA) is 121 Å². The molecule has 1 amide bonds. The quantitative estimate of drug-likeness (QED) is 0.438. The zero-order valence-electron chi connectivity index (χ0n) is 19.5. The third-order valence-corrected chi connectivity index (χ3v) is 6.71. The van der Waals surface area contributed by atoms with Gasteiger partial charge in [0.1, 0.15) is 11.8 Å². The van der Waals surface area contributed by atoms with Crippen LogP contribution in [0.25, 0.3) is 11.1 Å². The molecule has 1 saturated carbocycles. The van der Waals surface area contributed by atoms with Gasteiger partial charge < -0.3 is 15.2 Å². The number of hydrogen-bond acceptors (Lipinski definition) is 5. The first-order valence-corrected chi connectivity index (χ1v) is 11.8. The molecule has 36 heavy (non-hydrogen) atoms. The Kier molecular flexibility index (Phi) is 7.41. The molecule has 3 aromatic rings. The standard InChI is InChI=1S/C27H24ClN3O5/c1-36-24-15-31(25(32)13-22(24)21-12-19(28)8-5-18(21)14-29)23(11-16-3-2-4-16)26(33)30-20-9-6-17(7-10-20)27(34)35/h5-10,12-13,15-16,23H,2-4,11H2,1H3,(H,30,33)(H,34,35). The van der Waals surface area contributed by atoms with Crippen LogP contribution in [0.3, 0.4) is 0 Å². The summed E-state index contributed by atoms with van der Waals surface area (Å²) in [5, 5.41) is 21.8. The van der Waals surface area contributed by atoms with E-state index in [1.54, 1.807) is 18.2 Å². The van der Waals surface area contributed by atoms with Crippen molar-refractivity contribution < 1.29 is 19.4 Å². The highest BCUT2D eigenvalue weighted by Gasteiger charge is 2.30. The Morgan fingerprint density at radius 3 is 2.50 bits per heavy atom. The van der Waals surface area contributed by atoms with E-state index in [1.165, 1.54) is 48.2 Å². The van der Waals surface area contributed by atoms with E-state index in [0.29, 0.717) is 45.5 Å². The Morgan fingerprint density at radius 1 is 1.19 bits per heavy atom. The largest absolute Gasteiger partial charge is 0.495 e. The Morgan fingerprint density at radius 2 is 1.92 bits per heavy atom. The number of methoxy groups -OCH3 is 1. The van der Waals surface area contributed by atoms with E-state index >= 15 is 0 Å².